The van der Waals surface area contributed by atoms with E-state index in [0.717, 1.165) is 19.3 Å². The molecule has 2 atom stereocenters. The molecule has 5 heteroatoms. The maximum Gasteiger partial charge on any atom is 0.270 e. The van der Waals surface area contributed by atoms with Crippen molar-refractivity contribution in [1.82, 2.24) is 5.32 Å². The van der Waals surface area contributed by atoms with Gasteiger partial charge < -0.3 is 5.32 Å². The molecule has 1 aromatic carbocycles. The molecule has 1 aliphatic carbocycles. The Labute approximate surface area is 112 Å². The molecule has 1 amide bonds. The lowest BCUT2D eigenvalue weighted by Crippen LogP contribution is -2.41. The van der Waals surface area contributed by atoms with E-state index in [4.69, 9.17) is 0 Å². The summed E-state index contributed by atoms with van der Waals surface area (Å²) < 4.78 is 0. The van der Waals surface area contributed by atoms with Gasteiger partial charge in [-0.05, 0) is 24.8 Å². The summed E-state index contributed by atoms with van der Waals surface area (Å²) in [4.78, 5) is 22.3. The zero-order valence-corrected chi connectivity index (χ0v) is 11.0. The third-order valence-corrected chi connectivity index (χ3v) is 3.75. The predicted octanol–water partition coefficient (Wildman–Crippen LogP) is 2.90. The quantitative estimate of drug-likeness (QED) is 0.672. The topological polar surface area (TPSA) is 72.2 Å². The van der Waals surface area contributed by atoms with E-state index >= 15 is 0 Å². The van der Waals surface area contributed by atoms with Crippen molar-refractivity contribution >= 4 is 11.6 Å². The molecule has 1 saturated carbocycles. The molecule has 0 spiro atoms. The Balaban J connectivity index is 2.07. The molecular formula is C14H18N2O3. The first kappa shape index (κ1) is 13.5. The number of nitro groups is 1. The number of carbonyl (C=O) groups is 1. The van der Waals surface area contributed by atoms with Gasteiger partial charge in [0, 0.05) is 23.7 Å². The first-order chi connectivity index (χ1) is 9.08. The van der Waals surface area contributed by atoms with Gasteiger partial charge in [0.2, 0.25) is 0 Å². The fraction of sp³-hybridized carbons (Fsp3) is 0.500. The van der Waals surface area contributed by atoms with E-state index in [9.17, 15) is 14.9 Å². The van der Waals surface area contributed by atoms with Gasteiger partial charge in [-0.25, -0.2) is 0 Å². The van der Waals surface area contributed by atoms with E-state index in [-0.39, 0.29) is 17.6 Å². The number of nitrogens with zero attached hydrogens (tertiary/aromatic N) is 1. The highest BCUT2D eigenvalue weighted by atomic mass is 16.6. The highest BCUT2D eigenvalue weighted by molar-refractivity contribution is 5.95. The molecule has 0 aliphatic heterocycles. The van der Waals surface area contributed by atoms with Crippen LogP contribution >= 0.6 is 0 Å². The van der Waals surface area contributed by atoms with Gasteiger partial charge in [-0.15, -0.1) is 0 Å². The van der Waals surface area contributed by atoms with Crippen molar-refractivity contribution in [1.29, 1.82) is 0 Å². The SMILES string of the molecule is C[C@H]1CCCC[C@@H]1NC(=O)c1cccc([N+](=O)[O-])c1. The molecule has 0 saturated heterocycles. The van der Waals surface area contributed by atoms with Crippen LogP contribution in [0, 0.1) is 16.0 Å². The minimum absolute atomic E-state index is 0.0515. The largest absolute Gasteiger partial charge is 0.349 e. The third kappa shape index (κ3) is 3.30. The molecule has 0 radical (unpaired) electrons. The summed E-state index contributed by atoms with van der Waals surface area (Å²) in [5, 5.41) is 13.7. The molecule has 1 aromatic rings. The zero-order valence-electron chi connectivity index (χ0n) is 11.0. The molecule has 0 heterocycles. The van der Waals surface area contributed by atoms with Crippen LogP contribution in [0.15, 0.2) is 24.3 Å². The van der Waals surface area contributed by atoms with Crippen molar-refractivity contribution in [2.75, 3.05) is 0 Å². The number of nitrogens with one attached hydrogen (secondary N) is 1. The summed E-state index contributed by atoms with van der Waals surface area (Å²) in [7, 11) is 0. The van der Waals surface area contributed by atoms with Gasteiger partial charge in [-0.1, -0.05) is 25.8 Å². The summed E-state index contributed by atoms with van der Waals surface area (Å²) in [5.74, 6) is 0.249. The van der Waals surface area contributed by atoms with Crippen LogP contribution in [0.2, 0.25) is 0 Å². The van der Waals surface area contributed by atoms with Gasteiger partial charge in [0.05, 0.1) is 4.92 Å². The standard InChI is InChI=1S/C14H18N2O3/c1-10-5-2-3-8-13(10)15-14(17)11-6-4-7-12(9-11)16(18)19/h4,6-7,9-10,13H,2-3,5,8H2,1H3,(H,15,17)/t10-,13-/m0/s1. The number of rotatable bonds is 3. The Morgan fingerprint density at radius 2 is 2.11 bits per heavy atom. The first-order valence-corrected chi connectivity index (χ1v) is 6.63. The smallest absolute Gasteiger partial charge is 0.270 e. The molecule has 0 unspecified atom stereocenters. The molecule has 1 fully saturated rings. The fourth-order valence-corrected chi connectivity index (χ4v) is 2.54. The van der Waals surface area contributed by atoms with E-state index in [1.165, 1.54) is 24.6 Å². The number of hydrogen-bond acceptors (Lipinski definition) is 3. The van der Waals surface area contributed by atoms with Crippen LogP contribution in [0.5, 0.6) is 0 Å². The number of benzene rings is 1. The molecule has 2 rings (SSSR count). The average molecular weight is 262 g/mol. The van der Waals surface area contributed by atoms with E-state index < -0.39 is 4.92 Å². The number of nitro benzene ring substituents is 1. The lowest BCUT2D eigenvalue weighted by atomic mass is 9.86. The van der Waals surface area contributed by atoms with E-state index in [1.54, 1.807) is 6.07 Å². The molecule has 1 N–H and O–H groups in total. The normalized spacial score (nSPS) is 22.8. The van der Waals surface area contributed by atoms with Crippen molar-refractivity contribution in [2.24, 2.45) is 5.92 Å². The molecule has 19 heavy (non-hydrogen) atoms. The van der Waals surface area contributed by atoms with Gasteiger partial charge in [0.25, 0.3) is 11.6 Å². The second-order valence-corrected chi connectivity index (χ2v) is 5.15. The monoisotopic (exact) mass is 262 g/mol. The van der Waals surface area contributed by atoms with Crippen molar-refractivity contribution in [2.45, 2.75) is 38.6 Å². The Morgan fingerprint density at radius 3 is 2.79 bits per heavy atom. The fourth-order valence-electron chi connectivity index (χ4n) is 2.54. The van der Waals surface area contributed by atoms with Gasteiger partial charge >= 0.3 is 0 Å². The van der Waals surface area contributed by atoms with Crippen LogP contribution in [-0.2, 0) is 0 Å². The lowest BCUT2D eigenvalue weighted by Gasteiger charge is -2.29. The maximum absolute atomic E-state index is 12.1. The predicted molar refractivity (Wildman–Crippen MR) is 72.0 cm³/mol. The minimum atomic E-state index is -0.486. The average Bonchev–Trinajstić information content (AvgIpc) is 2.41. The Morgan fingerprint density at radius 1 is 1.37 bits per heavy atom. The van der Waals surface area contributed by atoms with Crippen LogP contribution in [0.3, 0.4) is 0 Å². The van der Waals surface area contributed by atoms with Crippen LogP contribution in [0.4, 0.5) is 5.69 Å². The number of non-ortho nitro benzene ring substituents is 1. The number of carbonyl (C=O) groups excluding carboxylic acids is 1. The van der Waals surface area contributed by atoms with E-state index in [2.05, 4.69) is 12.2 Å². The highest BCUT2D eigenvalue weighted by Crippen LogP contribution is 2.24. The van der Waals surface area contributed by atoms with Gasteiger partial charge in [0.1, 0.15) is 0 Å². The summed E-state index contributed by atoms with van der Waals surface area (Å²) in [5.41, 5.74) is 0.302. The second kappa shape index (κ2) is 5.82. The van der Waals surface area contributed by atoms with Gasteiger partial charge in [-0.3, -0.25) is 14.9 Å². The second-order valence-electron chi connectivity index (χ2n) is 5.15. The zero-order chi connectivity index (χ0) is 13.8. The van der Waals surface area contributed by atoms with Gasteiger partial charge in [-0.2, -0.15) is 0 Å². The third-order valence-electron chi connectivity index (χ3n) is 3.75. The van der Waals surface area contributed by atoms with E-state index in [1.807, 2.05) is 0 Å². The summed E-state index contributed by atoms with van der Waals surface area (Å²) in [6.07, 6.45) is 4.45. The lowest BCUT2D eigenvalue weighted by molar-refractivity contribution is -0.384. The Bertz CT molecular complexity index is 487. The van der Waals surface area contributed by atoms with E-state index in [0.29, 0.717) is 11.5 Å². The summed E-state index contributed by atoms with van der Waals surface area (Å²) >= 11 is 0. The van der Waals surface area contributed by atoms with Crippen molar-refractivity contribution in [3.05, 3.63) is 39.9 Å². The molecular weight excluding hydrogens is 244 g/mol. The summed E-state index contributed by atoms with van der Waals surface area (Å²) in [6, 6.07) is 6.04. The number of hydrogen-bond donors (Lipinski definition) is 1. The Hall–Kier alpha value is -1.91. The number of amides is 1. The first-order valence-electron chi connectivity index (χ1n) is 6.63. The summed E-state index contributed by atoms with van der Waals surface area (Å²) in [6.45, 7) is 2.14. The van der Waals surface area contributed by atoms with Crippen LogP contribution in [0.25, 0.3) is 0 Å². The minimum Gasteiger partial charge on any atom is -0.349 e. The van der Waals surface area contributed by atoms with Crippen LogP contribution < -0.4 is 5.32 Å². The molecule has 5 nitrogen and oxygen atoms in total. The Kier molecular flexibility index (Phi) is 4.14. The van der Waals surface area contributed by atoms with Crippen molar-refractivity contribution in [3.8, 4) is 0 Å². The maximum atomic E-state index is 12.1. The molecule has 0 bridgehead atoms. The molecule has 1 aliphatic rings. The van der Waals surface area contributed by atoms with Crippen molar-refractivity contribution in [3.63, 3.8) is 0 Å². The van der Waals surface area contributed by atoms with Gasteiger partial charge in [0.15, 0.2) is 0 Å². The highest BCUT2D eigenvalue weighted by Gasteiger charge is 2.23. The van der Waals surface area contributed by atoms with Crippen LogP contribution in [0.1, 0.15) is 43.0 Å². The molecule has 102 valence electrons. The van der Waals surface area contributed by atoms with Crippen molar-refractivity contribution < 1.29 is 9.72 Å². The molecule has 0 aromatic heterocycles. The van der Waals surface area contributed by atoms with Crippen LogP contribution in [-0.4, -0.2) is 16.9 Å².